The molecule has 0 fully saturated rings. The van der Waals surface area contributed by atoms with Gasteiger partial charge in [0.05, 0.1) is 4.34 Å². The molecule has 3 nitrogen and oxygen atoms in total. The normalized spacial score (nSPS) is 13.7. The zero-order chi connectivity index (χ0) is 13.9. The second kappa shape index (κ2) is 6.04. The van der Waals surface area contributed by atoms with Crippen LogP contribution in [-0.2, 0) is 16.1 Å². The van der Waals surface area contributed by atoms with E-state index in [2.05, 4.69) is 0 Å². The van der Waals surface area contributed by atoms with Crippen molar-refractivity contribution in [3.8, 4) is 0 Å². The molecule has 5 heteroatoms. The van der Waals surface area contributed by atoms with Crippen molar-refractivity contribution in [2.45, 2.75) is 45.9 Å². The minimum atomic E-state index is -0.446. The lowest BCUT2D eigenvalue weighted by molar-refractivity contribution is -0.160. The number of hydrogen-bond donors (Lipinski definition) is 0. The number of esters is 1. The Labute approximate surface area is 118 Å². The zero-order valence-corrected chi connectivity index (χ0v) is 13.1. The lowest BCUT2D eigenvalue weighted by atomic mass is 10.2. The molecule has 0 saturated carbocycles. The maximum absolute atomic E-state index is 11.9. The van der Waals surface area contributed by atoms with Gasteiger partial charge in [-0.05, 0) is 46.9 Å². The average molecular weight is 290 g/mol. The number of rotatable bonds is 4. The minimum absolute atomic E-state index is 0.201. The summed E-state index contributed by atoms with van der Waals surface area (Å²) in [7, 11) is 1.90. The number of ether oxygens (including phenoxy) is 1. The van der Waals surface area contributed by atoms with E-state index in [0.717, 1.165) is 9.21 Å². The summed E-state index contributed by atoms with van der Waals surface area (Å²) in [5.74, 6) is -0.201. The van der Waals surface area contributed by atoms with Crippen LogP contribution in [-0.4, -0.2) is 29.6 Å². The van der Waals surface area contributed by atoms with Crippen LogP contribution >= 0.6 is 22.9 Å². The van der Waals surface area contributed by atoms with Crippen LogP contribution in [0.15, 0.2) is 12.1 Å². The van der Waals surface area contributed by atoms with Crippen molar-refractivity contribution in [3.63, 3.8) is 0 Å². The van der Waals surface area contributed by atoms with E-state index in [0.29, 0.717) is 6.54 Å². The topological polar surface area (TPSA) is 29.5 Å². The minimum Gasteiger partial charge on any atom is -0.459 e. The number of hydrogen-bond acceptors (Lipinski definition) is 4. The maximum Gasteiger partial charge on any atom is 0.323 e. The summed E-state index contributed by atoms with van der Waals surface area (Å²) < 4.78 is 6.13. The lowest BCUT2D eigenvalue weighted by Crippen LogP contribution is -2.39. The highest BCUT2D eigenvalue weighted by molar-refractivity contribution is 7.16. The van der Waals surface area contributed by atoms with Crippen molar-refractivity contribution >= 4 is 28.9 Å². The van der Waals surface area contributed by atoms with Gasteiger partial charge in [0.15, 0.2) is 0 Å². The SMILES string of the molecule is CC(C(=O)OC(C)(C)C)N(C)Cc1ccc(Cl)s1. The fourth-order valence-corrected chi connectivity index (χ4v) is 2.54. The van der Waals surface area contributed by atoms with Crippen molar-refractivity contribution < 1.29 is 9.53 Å². The van der Waals surface area contributed by atoms with Crippen LogP contribution in [0.2, 0.25) is 4.34 Å². The largest absolute Gasteiger partial charge is 0.459 e. The highest BCUT2D eigenvalue weighted by Gasteiger charge is 2.24. The van der Waals surface area contributed by atoms with Gasteiger partial charge in [0, 0.05) is 11.4 Å². The van der Waals surface area contributed by atoms with Crippen LogP contribution in [0.5, 0.6) is 0 Å². The Balaban J connectivity index is 2.55. The highest BCUT2D eigenvalue weighted by atomic mass is 35.5. The van der Waals surface area contributed by atoms with E-state index in [-0.39, 0.29) is 12.0 Å². The molecule has 0 bridgehead atoms. The van der Waals surface area contributed by atoms with Crippen LogP contribution in [0.1, 0.15) is 32.6 Å². The van der Waals surface area contributed by atoms with Gasteiger partial charge in [-0.3, -0.25) is 9.69 Å². The van der Waals surface area contributed by atoms with E-state index >= 15 is 0 Å². The molecule has 0 aliphatic rings. The number of carbonyl (C=O) groups is 1. The molecular formula is C13H20ClNO2S. The molecule has 1 rings (SSSR count). The molecule has 0 aliphatic heterocycles. The monoisotopic (exact) mass is 289 g/mol. The summed E-state index contributed by atoms with van der Waals surface area (Å²) in [4.78, 5) is 15.0. The van der Waals surface area contributed by atoms with Crippen LogP contribution in [0.4, 0.5) is 0 Å². The van der Waals surface area contributed by atoms with E-state index in [1.165, 1.54) is 11.3 Å². The van der Waals surface area contributed by atoms with Gasteiger partial charge in [0.25, 0.3) is 0 Å². The summed E-state index contributed by atoms with van der Waals surface area (Å²) in [6, 6.07) is 3.57. The molecule has 0 saturated heterocycles. The summed E-state index contributed by atoms with van der Waals surface area (Å²) in [5, 5.41) is 0. The Morgan fingerprint density at radius 3 is 2.56 bits per heavy atom. The molecule has 0 spiro atoms. The molecule has 1 aromatic rings. The van der Waals surface area contributed by atoms with E-state index in [1.807, 2.05) is 51.8 Å². The van der Waals surface area contributed by atoms with Crippen LogP contribution in [0, 0.1) is 0 Å². The zero-order valence-electron chi connectivity index (χ0n) is 11.5. The molecule has 1 heterocycles. The third kappa shape index (κ3) is 4.96. The van der Waals surface area contributed by atoms with E-state index in [4.69, 9.17) is 16.3 Å². The third-order valence-corrected chi connectivity index (χ3v) is 3.66. The summed E-state index contributed by atoms with van der Waals surface area (Å²) in [6.45, 7) is 8.16. The molecule has 0 aliphatic carbocycles. The molecule has 18 heavy (non-hydrogen) atoms. The quantitative estimate of drug-likeness (QED) is 0.794. The lowest BCUT2D eigenvalue weighted by Gasteiger charge is -2.27. The Kier molecular flexibility index (Phi) is 5.20. The van der Waals surface area contributed by atoms with E-state index in [9.17, 15) is 4.79 Å². The van der Waals surface area contributed by atoms with Gasteiger partial charge in [0.2, 0.25) is 0 Å². The van der Waals surface area contributed by atoms with Gasteiger partial charge in [-0.1, -0.05) is 11.6 Å². The van der Waals surface area contributed by atoms with Crippen molar-refractivity contribution in [1.29, 1.82) is 0 Å². The van der Waals surface area contributed by atoms with Gasteiger partial charge >= 0.3 is 5.97 Å². The first-order valence-electron chi connectivity index (χ1n) is 5.86. The maximum atomic E-state index is 11.9. The first-order chi connectivity index (χ1) is 8.19. The fraction of sp³-hybridized carbons (Fsp3) is 0.615. The van der Waals surface area contributed by atoms with Crippen LogP contribution in [0.25, 0.3) is 0 Å². The molecule has 1 aromatic heterocycles. The highest BCUT2D eigenvalue weighted by Crippen LogP contribution is 2.23. The molecule has 0 N–H and O–H groups in total. The second-order valence-corrected chi connectivity index (χ2v) is 7.13. The first-order valence-corrected chi connectivity index (χ1v) is 7.06. The summed E-state index contributed by atoms with van der Waals surface area (Å²) in [6.07, 6.45) is 0. The number of thiophene rings is 1. The predicted molar refractivity (Wildman–Crippen MR) is 76.1 cm³/mol. The van der Waals surface area contributed by atoms with E-state index in [1.54, 1.807) is 0 Å². The number of likely N-dealkylation sites (N-methyl/N-ethyl adjacent to an activating group) is 1. The van der Waals surface area contributed by atoms with Crippen LogP contribution < -0.4 is 0 Å². The Morgan fingerprint density at radius 1 is 1.50 bits per heavy atom. The van der Waals surface area contributed by atoms with Crippen LogP contribution in [0.3, 0.4) is 0 Å². The van der Waals surface area contributed by atoms with Gasteiger partial charge in [-0.2, -0.15) is 0 Å². The standard InChI is InChI=1S/C13H20ClNO2S/c1-9(12(16)17-13(2,3)4)15(5)8-10-6-7-11(14)18-10/h6-7,9H,8H2,1-5H3. The van der Waals surface area contributed by atoms with Crippen molar-refractivity contribution in [1.82, 2.24) is 4.90 Å². The van der Waals surface area contributed by atoms with Crippen molar-refractivity contribution in [3.05, 3.63) is 21.3 Å². The summed E-state index contributed by atoms with van der Waals surface area (Å²) in [5.41, 5.74) is -0.446. The smallest absolute Gasteiger partial charge is 0.323 e. The molecule has 1 unspecified atom stereocenters. The molecule has 102 valence electrons. The summed E-state index contributed by atoms with van der Waals surface area (Å²) >= 11 is 7.41. The second-order valence-electron chi connectivity index (χ2n) is 5.33. The molecule has 0 radical (unpaired) electrons. The molecular weight excluding hydrogens is 270 g/mol. The Bertz CT molecular complexity index is 411. The number of halogens is 1. The Morgan fingerprint density at radius 2 is 2.11 bits per heavy atom. The average Bonchev–Trinajstić information content (AvgIpc) is 2.60. The number of carbonyl (C=O) groups excluding carboxylic acids is 1. The fourth-order valence-electron chi connectivity index (χ4n) is 1.39. The van der Waals surface area contributed by atoms with E-state index < -0.39 is 5.60 Å². The third-order valence-electron chi connectivity index (χ3n) is 2.44. The first kappa shape index (κ1) is 15.5. The number of nitrogens with zero attached hydrogens (tertiary/aromatic N) is 1. The predicted octanol–water partition coefficient (Wildman–Crippen LogP) is 3.56. The molecule has 0 amide bonds. The van der Waals surface area contributed by atoms with Gasteiger partial charge in [-0.15, -0.1) is 11.3 Å². The van der Waals surface area contributed by atoms with Gasteiger partial charge in [-0.25, -0.2) is 0 Å². The van der Waals surface area contributed by atoms with Gasteiger partial charge < -0.3 is 4.74 Å². The van der Waals surface area contributed by atoms with Crippen molar-refractivity contribution in [2.24, 2.45) is 0 Å². The van der Waals surface area contributed by atoms with Crippen molar-refractivity contribution in [2.75, 3.05) is 7.05 Å². The Hall–Kier alpha value is -0.580. The molecule has 0 aromatic carbocycles. The molecule has 1 atom stereocenters. The van der Waals surface area contributed by atoms with Gasteiger partial charge in [0.1, 0.15) is 11.6 Å².